The Balaban J connectivity index is 1.51. The predicted molar refractivity (Wildman–Crippen MR) is 99.2 cm³/mol. The molecule has 0 saturated carbocycles. The summed E-state index contributed by atoms with van der Waals surface area (Å²) >= 11 is 2.69. The Bertz CT molecular complexity index is 998. The van der Waals surface area contributed by atoms with Gasteiger partial charge >= 0.3 is 0 Å². The molecule has 2 aromatic heterocycles. The van der Waals surface area contributed by atoms with Gasteiger partial charge in [0.1, 0.15) is 17.2 Å². The van der Waals surface area contributed by atoms with Crippen LogP contribution >= 0.6 is 22.7 Å². The lowest BCUT2D eigenvalue weighted by molar-refractivity contribution is 0.0726. The zero-order valence-corrected chi connectivity index (χ0v) is 15.5. The summed E-state index contributed by atoms with van der Waals surface area (Å²) in [7, 11) is 0. The van der Waals surface area contributed by atoms with Gasteiger partial charge in [0.05, 0.1) is 17.8 Å². The van der Waals surface area contributed by atoms with Gasteiger partial charge in [0, 0.05) is 23.2 Å². The molecule has 1 N–H and O–H groups in total. The number of hydrogen-bond acceptors (Lipinski definition) is 5. The van der Waals surface area contributed by atoms with Crippen LogP contribution in [-0.4, -0.2) is 28.2 Å². The van der Waals surface area contributed by atoms with Gasteiger partial charge in [-0.05, 0) is 23.6 Å². The first kappa shape index (κ1) is 17.7. The fourth-order valence-electron chi connectivity index (χ4n) is 2.85. The molecule has 2 amide bonds. The molecule has 9 heteroatoms. The van der Waals surface area contributed by atoms with Crippen molar-refractivity contribution in [2.75, 3.05) is 11.9 Å². The zero-order chi connectivity index (χ0) is 19.0. The standard InChI is InChI=1S/C18H13F2N3O2S2/c19-11-2-1-3-12(20)15(11)17(25)23-6-4-13-14(8-23)27-18(21-13)22-16(24)10-5-7-26-9-10/h1-3,5,7,9H,4,6,8H2,(H,21,22,24). The normalized spacial score (nSPS) is 13.3. The van der Waals surface area contributed by atoms with Crippen LogP contribution in [-0.2, 0) is 13.0 Å². The van der Waals surface area contributed by atoms with Crippen molar-refractivity contribution in [1.29, 1.82) is 0 Å². The van der Waals surface area contributed by atoms with E-state index >= 15 is 0 Å². The molecule has 5 nitrogen and oxygen atoms in total. The minimum atomic E-state index is -0.876. The summed E-state index contributed by atoms with van der Waals surface area (Å²) in [4.78, 5) is 31.3. The maximum Gasteiger partial charge on any atom is 0.260 e. The lowest BCUT2D eigenvalue weighted by atomic mass is 10.1. The van der Waals surface area contributed by atoms with E-state index in [-0.39, 0.29) is 12.5 Å². The van der Waals surface area contributed by atoms with Crippen LogP contribution in [0.15, 0.2) is 35.0 Å². The van der Waals surface area contributed by atoms with Gasteiger partial charge in [-0.1, -0.05) is 17.4 Å². The van der Waals surface area contributed by atoms with Crippen molar-refractivity contribution in [3.05, 3.63) is 68.4 Å². The Hall–Kier alpha value is -2.65. The molecular weight excluding hydrogens is 392 g/mol. The third-order valence-corrected chi connectivity index (χ3v) is 5.88. The van der Waals surface area contributed by atoms with Crippen molar-refractivity contribution >= 4 is 39.6 Å². The number of carbonyl (C=O) groups is 2. The molecule has 27 heavy (non-hydrogen) atoms. The van der Waals surface area contributed by atoms with Crippen molar-refractivity contribution < 1.29 is 18.4 Å². The summed E-state index contributed by atoms with van der Waals surface area (Å²) in [6, 6.07) is 5.07. The average molecular weight is 405 g/mol. The molecule has 0 spiro atoms. The van der Waals surface area contributed by atoms with Gasteiger partial charge in [-0.25, -0.2) is 13.8 Å². The monoisotopic (exact) mass is 405 g/mol. The Morgan fingerprint density at radius 3 is 2.67 bits per heavy atom. The van der Waals surface area contributed by atoms with E-state index in [9.17, 15) is 18.4 Å². The third-order valence-electron chi connectivity index (χ3n) is 4.20. The number of carbonyl (C=O) groups excluding carboxylic acids is 2. The van der Waals surface area contributed by atoms with Gasteiger partial charge in [0.15, 0.2) is 5.13 Å². The summed E-state index contributed by atoms with van der Waals surface area (Å²) in [5, 5.41) is 6.75. The molecule has 0 radical (unpaired) electrons. The van der Waals surface area contributed by atoms with Crippen molar-refractivity contribution in [2.45, 2.75) is 13.0 Å². The molecule has 0 fully saturated rings. The molecule has 0 atom stereocenters. The Kier molecular flexibility index (Phi) is 4.71. The van der Waals surface area contributed by atoms with Crippen LogP contribution in [0.2, 0.25) is 0 Å². The molecule has 3 heterocycles. The largest absolute Gasteiger partial charge is 0.333 e. The van der Waals surface area contributed by atoms with Gasteiger partial charge in [0.25, 0.3) is 11.8 Å². The maximum atomic E-state index is 13.9. The number of anilines is 1. The van der Waals surface area contributed by atoms with E-state index in [4.69, 9.17) is 0 Å². The van der Waals surface area contributed by atoms with Crippen LogP contribution in [0.4, 0.5) is 13.9 Å². The summed E-state index contributed by atoms with van der Waals surface area (Å²) in [6.45, 7) is 0.509. The van der Waals surface area contributed by atoms with Crippen LogP contribution < -0.4 is 5.32 Å². The van der Waals surface area contributed by atoms with Crippen molar-refractivity contribution in [2.24, 2.45) is 0 Å². The average Bonchev–Trinajstić information content (AvgIpc) is 3.30. The molecule has 0 aliphatic carbocycles. The van der Waals surface area contributed by atoms with E-state index < -0.39 is 23.1 Å². The van der Waals surface area contributed by atoms with E-state index in [1.165, 1.54) is 33.6 Å². The van der Waals surface area contributed by atoms with E-state index in [2.05, 4.69) is 10.3 Å². The minimum Gasteiger partial charge on any atom is -0.333 e. The number of rotatable bonds is 3. The first-order valence-corrected chi connectivity index (χ1v) is 9.84. The summed E-state index contributed by atoms with van der Waals surface area (Å²) in [5.41, 5.74) is 0.801. The molecule has 138 valence electrons. The SMILES string of the molecule is O=C(Nc1nc2c(s1)CN(C(=O)c1c(F)cccc1F)CC2)c1ccsc1. The number of benzene rings is 1. The molecule has 0 saturated heterocycles. The second kappa shape index (κ2) is 7.16. The van der Waals surface area contributed by atoms with Crippen LogP contribution in [0.5, 0.6) is 0 Å². The number of nitrogens with zero attached hydrogens (tertiary/aromatic N) is 2. The van der Waals surface area contributed by atoms with Gasteiger partial charge in [0.2, 0.25) is 0 Å². The number of aromatic nitrogens is 1. The highest BCUT2D eigenvalue weighted by Gasteiger charge is 2.28. The zero-order valence-electron chi connectivity index (χ0n) is 13.9. The Labute approximate surface area is 161 Å². The van der Waals surface area contributed by atoms with Crippen LogP contribution in [0, 0.1) is 11.6 Å². The summed E-state index contributed by atoms with van der Waals surface area (Å²) in [5.74, 6) is -2.69. The van der Waals surface area contributed by atoms with Crippen molar-refractivity contribution in [1.82, 2.24) is 9.88 Å². The second-order valence-electron chi connectivity index (χ2n) is 5.93. The first-order valence-electron chi connectivity index (χ1n) is 8.08. The Morgan fingerprint density at radius 1 is 1.19 bits per heavy atom. The van der Waals surface area contributed by atoms with Crippen molar-refractivity contribution in [3.63, 3.8) is 0 Å². The van der Waals surface area contributed by atoms with Crippen LogP contribution in [0.25, 0.3) is 0 Å². The number of amides is 2. The van der Waals surface area contributed by atoms with Gasteiger partial charge < -0.3 is 4.90 Å². The van der Waals surface area contributed by atoms with Gasteiger partial charge in [-0.15, -0.1) is 0 Å². The number of halogens is 2. The summed E-state index contributed by atoms with van der Waals surface area (Å²) < 4.78 is 27.8. The fourth-order valence-corrected chi connectivity index (χ4v) is 4.50. The van der Waals surface area contributed by atoms with Gasteiger partial charge in [-0.3, -0.25) is 14.9 Å². The minimum absolute atomic E-state index is 0.202. The molecule has 3 aromatic rings. The highest BCUT2D eigenvalue weighted by atomic mass is 32.1. The molecule has 0 bridgehead atoms. The fraction of sp³-hybridized carbons (Fsp3) is 0.167. The highest BCUT2D eigenvalue weighted by molar-refractivity contribution is 7.16. The first-order chi connectivity index (χ1) is 13.0. The Morgan fingerprint density at radius 2 is 1.96 bits per heavy atom. The second-order valence-corrected chi connectivity index (χ2v) is 7.79. The van der Waals surface area contributed by atoms with Crippen molar-refractivity contribution in [3.8, 4) is 0 Å². The lowest BCUT2D eigenvalue weighted by Crippen LogP contribution is -2.36. The molecule has 1 aliphatic rings. The maximum absolute atomic E-state index is 13.9. The van der Waals surface area contributed by atoms with E-state index in [0.717, 1.165) is 22.7 Å². The number of fused-ring (bicyclic) bond motifs is 1. The lowest BCUT2D eigenvalue weighted by Gasteiger charge is -2.26. The highest BCUT2D eigenvalue weighted by Crippen LogP contribution is 2.30. The topological polar surface area (TPSA) is 62.3 Å². The molecule has 0 unspecified atom stereocenters. The smallest absolute Gasteiger partial charge is 0.260 e. The molecule has 4 rings (SSSR count). The van der Waals surface area contributed by atoms with Gasteiger partial charge in [-0.2, -0.15) is 11.3 Å². The molecule has 1 aliphatic heterocycles. The number of hydrogen-bond donors (Lipinski definition) is 1. The van der Waals surface area contributed by atoms with Crippen LogP contribution in [0.3, 0.4) is 0 Å². The quantitative estimate of drug-likeness (QED) is 0.718. The number of thiophene rings is 1. The third kappa shape index (κ3) is 3.47. The number of thiazole rings is 1. The van der Waals surface area contributed by atoms with E-state index in [1.807, 2.05) is 5.38 Å². The van der Waals surface area contributed by atoms with E-state index in [0.29, 0.717) is 23.7 Å². The molecule has 1 aromatic carbocycles. The summed E-state index contributed by atoms with van der Waals surface area (Å²) in [6.07, 6.45) is 0.460. The predicted octanol–water partition coefficient (Wildman–Crippen LogP) is 3.93. The van der Waals surface area contributed by atoms with Crippen LogP contribution in [0.1, 0.15) is 31.3 Å². The van der Waals surface area contributed by atoms with E-state index in [1.54, 1.807) is 11.4 Å². The number of nitrogens with one attached hydrogen (secondary N) is 1. The molecular formula is C18H13F2N3O2S2.